The zero-order valence-corrected chi connectivity index (χ0v) is 13.7. The van der Waals surface area contributed by atoms with E-state index in [1.165, 1.54) is 17.7 Å². The summed E-state index contributed by atoms with van der Waals surface area (Å²) in [5, 5.41) is 0.565. The van der Waals surface area contributed by atoms with Crippen molar-refractivity contribution in [3.05, 3.63) is 45.2 Å². The van der Waals surface area contributed by atoms with Crippen LogP contribution in [0.4, 0.5) is 0 Å². The lowest BCUT2D eigenvalue weighted by atomic mass is 10.1. The van der Waals surface area contributed by atoms with Gasteiger partial charge < -0.3 is 14.6 Å². The molecule has 0 bridgehead atoms. The second-order valence-corrected chi connectivity index (χ2v) is 6.17. The van der Waals surface area contributed by atoms with Crippen molar-refractivity contribution in [2.24, 2.45) is 0 Å². The predicted octanol–water partition coefficient (Wildman–Crippen LogP) is 1.19. The maximum atomic E-state index is 12.9. The monoisotopic (exact) mass is 315 g/mol. The summed E-state index contributed by atoms with van der Waals surface area (Å²) in [5.74, 6) is -0.388. The number of benzene rings is 1. The first-order valence-corrected chi connectivity index (χ1v) is 8.26. The number of hydrogen-bond acceptors (Lipinski definition) is 3. The zero-order valence-electron chi connectivity index (χ0n) is 13.7. The van der Waals surface area contributed by atoms with Crippen molar-refractivity contribution < 1.29 is 14.4 Å². The summed E-state index contributed by atoms with van der Waals surface area (Å²) < 4.78 is 5.02. The lowest BCUT2D eigenvalue weighted by molar-refractivity contribution is -0.901. The van der Waals surface area contributed by atoms with E-state index in [0.717, 1.165) is 36.4 Å². The van der Waals surface area contributed by atoms with Crippen LogP contribution >= 0.6 is 0 Å². The molecule has 2 heterocycles. The Morgan fingerprint density at radius 2 is 2.04 bits per heavy atom. The van der Waals surface area contributed by atoms with Gasteiger partial charge in [0.05, 0.1) is 30.8 Å². The van der Waals surface area contributed by atoms with Crippen LogP contribution in [0.2, 0.25) is 0 Å². The number of nitrogens with one attached hydrogen (secondary N) is 2. The molecule has 0 radical (unpaired) electrons. The average molecular weight is 315 g/mol. The molecule has 2 N–H and O–H groups in total. The van der Waals surface area contributed by atoms with Crippen LogP contribution in [0.25, 0.3) is 10.9 Å². The van der Waals surface area contributed by atoms with E-state index in [-0.39, 0.29) is 11.4 Å². The van der Waals surface area contributed by atoms with E-state index >= 15 is 0 Å². The van der Waals surface area contributed by atoms with E-state index in [9.17, 15) is 9.59 Å². The van der Waals surface area contributed by atoms with Gasteiger partial charge in [0.2, 0.25) is 0 Å². The van der Waals surface area contributed by atoms with Gasteiger partial charge in [0.25, 0.3) is 0 Å². The number of aromatic nitrogens is 1. The Bertz CT molecular complexity index is 789. The van der Waals surface area contributed by atoms with Gasteiger partial charge >= 0.3 is 5.97 Å². The Morgan fingerprint density at radius 3 is 2.74 bits per heavy atom. The van der Waals surface area contributed by atoms with Crippen molar-refractivity contribution in [1.82, 2.24) is 4.98 Å². The second kappa shape index (κ2) is 6.54. The fourth-order valence-corrected chi connectivity index (χ4v) is 3.31. The van der Waals surface area contributed by atoms with Gasteiger partial charge in [-0.05, 0) is 32.0 Å². The van der Waals surface area contributed by atoms with E-state index in [0.29, 0.717) is 17.6 Å². The van der Waals surface area contributed by atoms with Crippen LogP contribution in [0, 0.1) is 6.92 Å². The molecule has 0 saturated carbocycles. The van der Waals surface area contributed by atoms with Gasteiger partial charge in [0.15, 0.2) is 5.43 Å². The molecule has 122 valence electrons. The number of pyridine rings is 1. The van der Waals surface area contributed by atoms with Crippen molar-refractivity contribution in [1.29, 1.82) is 0 Å². The van der Waals surface area contributed by atoms with E-state index < -0.39 is 0 Å². The molecule has 5 nitrogen and oxygen atoms in total. The highest BCUT2D eigenvalue weighted by atomic mass is 16.5. The molecule has 0 amide bonds. The molecule has 0 atom stereocenters. The number of aromatic amines is 1. The minimum atomic E-state index is -0.388. The third-order valence-electron chi connectivity index (χ3n) is 4.56. The third kappa shape index (κ3) is 3.15. The van der Waals surface area contributed by atoms with Crippen LogP contribution in [0.3, 0.4) is 0 Å². The van der Waals surface area contributed by atoms with Crippen LogP contribution in [-0.4, -0.2) is 30.6 Å². The summed E-state index contributed by atoms with van der Waals surface area (Å²) in [6.07, 6.45) is 2.46. The van der Waals surface area contributed by atoms with Crippen LogP contribution in [0.15, 0.2) is 23.0 Å². The van der Waals surface area contributed by atoms with Gasteiger partial charge in [-0.25, -0.2) is 4.79 Å². The van der Waals surface area contributed by atoms with Crippen molar-refractivity contribution in [3.8, 4) is 0 Å². The van der Waals surface area contributed by atoms with Gasteiger partial charge in [0.1, 0.15) is 6.54 Å². The number of ether oxygens (including phenoxy) is 1. The molecule has 2 aromatic rings. The Labute approximate surface area is 135 Å². The van der Waals surface area contributed by atoms with Crippen molar-refractivity contribution in [2.45, 2.75) is 33.2 Å². The average Bonchev–Trinajstić information content (AvgIpc) is 3.04. The Kier molecular flexibility index (Phi) is 4.48. The topological polar surface area (TPSA) is 63.6 Å². The zero-order chi connectivity index (χ0) is 16.4. The molecule has 1 fully saturated rings. The van der Waals surface area contributed by atoms with Crippen LogP contribution in [0.5, 0.6) is 0 Å². The summed E-state index contributed by atoms with van der Waals surface area (Å²) >= 11 is 0. The van der Waals surface area contributed by atoms with Gasteiger partial charge in [-0.3, -0.25) is 4.79 Å². The molecule has 0 unspecified atom stereocenters. The second-order valence-electron chi connectivity index (χ2n) is 6.17. The first-order chi connectivity index (χ1) is 11.1. The van der Waals surface area contributed by atoms with E-state index in [1.807, 2.05) is 6.92 Å². The normalized spacial score (nSPS) is 15.2. The number of fused-ring (bicyclic) bond motifs is 1. The molecule has 5 heteroatoms. The molecular weight excluding hydrogens is 292 g/mol. The predicted molar refractivity (Wildman–Crippen MR) is 88.9 cm³/mol. The fourth-order valence-electron chi connectivity index (χ4n) is 3.31. The molecular formula is C18H23N2O3+. The molecule has 1 aromatic carbocycles. The Balaban J connectivity index is 2.03. The van der Waals surface area contributed by atoms with E-state index in [2.05, 4.69) is 4.98 Å². The minimum absolute atomic E-state index is 0.0294. The lowest BCUT2D eigenvalue weighted by Gasteiger charge is -2.14. The minimum Gasteiger partial charge on any atom is -0.462 e. The summed E-state index contributed by atoms with van der Waals surface area (Å²) in [5.41, 5.74) is 2.97. The standard InChI is InChI=1S/C18H22N2O3/c1-3-23-18(22)13-6-7-16-14(10-13)17(21)15(12(2)19-16)11-20-8-4-5-9-20/h6-7,10H,3-5,8-9,11H2,1-2H3,(H,19,21)/p+1. The quantitative estimate of drug-likeness (QED) is 0.833. The molecule has 3 rings (SSSR count). The van der Waals surface area contributed by atoms with Gasteiger partial charge in [-0.2, -0.15) is 0 Å². The first-order valence-electron chi connectivity index (χ1n) is 8.26. The molecule has 1 aliphatic rings. The van der Waals surface area contributed by atoms with Crippen LogP contribution in [-0.2, 0) is 11.3 Å². The smallest absolute Gasteiger partial charge is 0.338 e. The maximum absolute atomic E-state index is 12.9. The molecule has 0 spiro atoms. The molecule has 1 aromatic heterocycles. The van der Waals surface area contributed by atoms with Crippen molar-refractivity contribution in [3.63, 3.8) is 0 Å². The lowest BCUT2D eigenvalue weighted by Crippen LogP contribution is -3.08. The van der Waals surface area contributed by atoms with E-state index in [1.54, 1.807) is 25.1 Å². The molecule has 23 heavy (non-hydrogen) atoms. The van der Waals surface area contributed by atoms with Crippen LogP contribution < -0.4 is 10.3 Å². The highest BCUT2D eigenvalue weighted by Gasteiger charge is 2.20. The maximum Gasteiger partial charge on any atom is 0.338 e. The number of carbonyl (C=O) groups is 1. The highest BCUT2D eigenvalue weighted by molar-refractivity contribution is 5.94. The fraction of sp³-hybridized carbons (Fsp3) is 0.444. The summed E-state index contributed by atoms with van der Waals surface area (Å²) in [6.45, 7) is 7.04. The van der Waals surface area contributed by atoms with Gasteiger partial charge in [-0.15, -0.1) is 0 Å². The molecule has 0 aliphatic carbocycles. The SMILES string of the molecule is CCOC(=O)c1ccc2[nH]c(C)c(C[NH+]3CCCC3)c(=O)c2c1. The number of hydrogen-bond donors (Lipinski definition) is 2. The highest BCUT2D eigenvalue weighted by Crippen LogP contribution is 2.14. The Morgan fingerprint density at radius 1 is 1.30 bits per heavy atom. The number of rotatable bonds is 4. The van der Waals surface area contributed by atoms with Gasteiger partial charge in [0, 0.05) is 29.4 Å². The van der Waals surface area contributed by atoms with Crippen molar-refractivity contribution >= 4 is 16.9 Å². The largest absolute Gasteiger partial charge is 0.462 e. The number of aryl methyl sites for hydroxylation is 1. The third-order valence-corrected chi connectivity index (χ3v) is 4.56. The molecule has 1 aliphatic heterocycles. The number of quaternary nitrogens is 1. The summed E-state index contributed by atoms with van der Waals surface area (Å²) in [7, 11) is 0. The first kappa shape index (κ1) is 15.7. The van der Waals surface area contributed by atoms with Gasteiger partial charge in [-0.1, -0.05) is 0 Å². The number of H-pyrrole nitrogens is 1. The van der Waals surface area contributed by atoms with E-state index in [4.69, 9.17) is 4.74 Å². The number of likely N-dealkylation sites (tertiary alicyclic amines) is 1. The van der Waals surface area contributed by atoms with Crippen LogP contribution in [0.1, 0.15) is 41.4 Å². The number of esters is 1. The summed E-state index contributed by atoms with van der Waals surface area (Å²) in [6, 6.07) is 5.12. The molecule has 1 saturated heterocycles. The number of carbonyl (C=O) groups excluding carboxylic acids is 1. The Hall–Kier alpha value is -2.14. The van der Waals surface area contributed by atoms with Crippen molar-refractivity contribution in [2.75, 3.05) is 19.7 Å². The summed E-state index contributed by atoms with van der Waals surface area (Å²) in [4.78, 5) is 29.5.